The Bertz CT molecular complexity index is 1090. The Hall–Kier alpha value is -3.66. The molecule has 3 aromatic carbocycles. The summed E-state index contributed by atoms with van der Waals surface area (Å²) in [5, 5.41) is 2.81. The SMILES string of the molecule is Cc1cc(C=CCCNC(=O)OCC2c3ccccc3-c3ccccc32)ccc1C=O. The van der Waals surface area contributed by atoms with Gasteiger partial charge in [0.05, 0.1) is 0 Å². The predicted molar refractivity (Wildman–Crippen MR) is 123 cm³/mol. The van der Waals surface area contributed by atoms with E-state index < -0.39 is 6.09 Å². The van der Waals surface area contributed by atoms with Gasteiger partial charge in [-0.1, -0.05) is 78.9 Å². The number of hydrogen-bond acceptors (Lipinski definition) is 3. The van der Waals surface area contributed by atoms with Crippen LogP contribution in [-0.4, -0.2) is 25.5 Å². The van der Waals surface area contributed by atoms with Crippen LogP contribution in [0.25, 0.3) is 17.2 Å². The molecular weight excluding hydrogens is 386 g/mol. The Morgan fingerprint density at radius 2 is 1.68 bits per heavy atom. The summed E-state index contributed by atoms with van der Waals surface area (Å²) in [6, 6.07) is 22.3. The van der Waals surface area contributed by atoms with E-state index >= 15 is 0 Å². The van der Waals surface area contributed by atoms with Crippen LogP contribution in [0.1, 0.15) is 45.0 Å². The number of amides is 1. The highest BCUT2D eigenvalue weighted by molar-refractivity contribution is 5.79. The molecule has 3 aromatic rings. The average Bonchev–Trinajstić information content (AvgIpc) is 3.11. The maximum Gasteiger partial charge on any atom is 0.407 e. The van der Waals surface area contributed by atoms with Crippen LogP contribution in [-0.2, 0) is 4.74 Å². The van der Waals surface area contributed by atoms with Gasteiger partial charge in [0.25, 0.3) is 0 Å². The first kappa shape index (κ1) is 20.6. The maximum absolute atomic E-state index is 12.2. The van der Waals surface area contributed by atoms with E-state index in [-0.39, 0.29) is 5.92 Å². The van der Waals surface area contributed by atoms with Gasteiger partial charge in [-0.3, -0.25) is 4.79 Å². The average molecular weight is 412 g/mol. The topological polar surface area (TPSA) is 55.4 Å². The molecule has 1 aliphatic rings. The highest BCUT2D eigenvalue weighted by atomic mass is 16.5. The number of benzene rings is 3. The lowest BCUT2D eigenvalue weighted by molar-refractivity contribution is 0.112. The van der Waals surface area contributed by atoms with Crippen molar-refractivity contribution in [1.82, 2.24) is 5.32 Å². The molecule has 0 aliphatic heterocycles. The number of hydrogen-bond donors (Lipinski definition) is 1. The van der Waals surface area contributed by atoms with Crippen molar-refractivity contribution in [1.29, 1.82) is 0 Å². The minimum Gasteiger partial charge on any atom is -0.449 e. The van der Waals surface area contributed by atoms with Crippen molar-refractivity contribution in [2.24, 2.45) is 0 Å². The Kier molecular flexibility index (Phi) is 6.27. The molecule has 0 saturated carbocycles. The monoisotopic (exact) mass is 411 g/mol. The molecule has 0 atom stereocenters. The van der Waals surface area contributed by atoms with Crippen molar-refractivity contribution >= 4 is 18.5 Å². The van der Waals surface area contributed by atoms with Crippen LogP contribution < -0.4 is 5.32 Å². The third-order valence-electron chi connectivity index (χ3n) is 5.66. The second-order valence-corrected chi connectivity index (χ2v) is 7.68. The number of carbonyl (C=O) groups excluding carboxylic acids is 2. The van der Waals surface area contributed by atoms with E-state index in [0.717, 1.165) is 17.4 Å². The molecular formula is C27H25NO3. The van der Waals surface area contributed by atoms with Crippen molar-refractivity contribution in [3.05, 3.63) is 101 Å². The van der Waals surface area contributed by atoms with Crippen LogP contribution in [0.4, 0.5) is 4.79 Å². The first-order chi connectivity index (χ1) is 15.2. The molecule has 0 spiro atoms. The standard InChI is InChI=1S/C27H25NO3/c1-19-16-20(13-14-21(19)17-29)8-6-7-15-28-27(30)31-18-26-24-11-4-2-9-22(24)23-10-3-5-12-25(23)26/h2-6,8-14,16-17,26H,7,15,18H2,1H3,(H,28,30). The summed E-state index contributed by atoms with van der Waals surface area (Å²) < 4.78 is 5.54. The number of aryl methyl sites for hydroxylation is 1. The zero-order chi connectivity index (χ0) is 21.6. The molecule has 0 radical (unpaired) electrons. The molecule has 31 heavy (non-hydrogen) atoms. The van der Waals surface area contributed by atoms with Gasteiger partial charge in [-0.05, 0) is 46.7 Å². The Morgan fingerprint density at radius 1 is 1.00 bits per heavy atom. The third kappa shape index (κ3) is 4.58. The van der Waals surface area contributed by atoms with Gasteiger partial charge in [0.15, 0.2) is 0 Å². The normalized spacial score (nSPS) is 12.4. The number of ether oxygens (including phenoxy) is 1. The fourth-order valence-electron chi connectivity index (χ4n) is 4.06. The Balaban J connectivity index is 1.27. The van der Waals surface area contributed by atoms with Crippen LogP contribution in [0.5, 0.6) is 0 Å². The lowest BCUT2D eigenvalue weighted by Crippen LogP contribution is -2.26. The predicted octanol–water partition coefficient (Wildman–Crippen LogP) is 5.75. The summed E-state index contributed by atoms with van der Waals surface area (Å²) in [4.78, 5) is 23.1. The molecule has 4 rings (SSSR count). The van der Waals surface area contributed by atoms with Crippen LogP contribution in [0.15, 0.2) is 72.8 Å². The Morgan fingerprint density at radius 3 is 2.32 bits per heavy atom. The fraction of sp³-hybridized carbons (Fsp3) is 0.185. The van der Waals surface area contributed by atoms with E-state index in [1.54, 1.807) is 0 Å². The van der Waals surface area contributed by atoms with Gasteiger partial charge in [0, 0.05) is 18.0 Å². The highest BCUT2D eigenvalue weighted by Crippen LogP contribution is 2.44. The van der Waals surface area contributed by atoms with Gasteiger partial charge < -0.3 is 10.1 Å². The first-order valence-corrected chi connectivity index (χ1v) is 10.5. The summed E-state index contributed by atoms with van der Waals surface area (Å²) in [6.07, 6.45) is 5.14. The summed E-state index contributed by atoms with van der Waals surface area (Å²) in [7, 11) is 0. The summed E-state index contributed by atoms with van der Waals surface area (Å²) in [5.41, 5.74) is 7.53. The number of rotatable bonds is 7. The molecule has 1 N–H and O–H groups in total. The number of fused-ring (bicyclic) bond motifs is 3. The molecule has 1 amide bonds. The molecule has 0 fully saturated rings. The maximum atomic E-state index is 12.2. The molecule has 4 nitrogen and oxygen atoms in total. The molecule has 0 bridgehead atoms. The number of alkyl carbamates (subject to hydrolysis) is 1. The van der Waals surface area contributed by atoms with Crippen molar-refractivity contribution in [3.8, 4) is 11.1 Å². The molecule has 0 unspecified atom stereocenters. The van der Waals surface area contributed by atoms with E-state index in [2.05, 4.69) is 29.6 Å². The zero-order valence-corrected chi connectivity index (χ0v) is 17.5. The minimum atomic E-state index is -0.401. The summed E-state index contributed by atoms with van der Waals surface area (Å²) >= 11 is 0. The quantitative estimate of drug-likeness (QED) is 0.398. The van der Waals surface area contributed by atoms with E-state index in [4.69, 9.17) is 4.74 Å². The summed E-state index contributed by atoms with van der Waals surface area (Å²) in [5.74, 6) is 0.0654. The highest BCUT2D eigenvalue weighted by Gasteiger charge is 2.28. The van der Waals surface area contributed by atoms with Crippen molar-refractivity contribution in [2.75, 3.05) is 13.2 Å². The van der Waals surface area contributed by atoms with Crippen LogP contribution in [0.3, 0.4) is 0 Å². The van der Waals surface area contributed by atoms with Gasteiger partial charge in [0.2, 0.25) is 0 Å². The zero-order valence-electron chi connectivity index (χ0n) is 17.5. The lowest BCUT2D eigenvalue weighted by Gasteiger charge is -2.14. The third-order valence-corrected chi connectivity index (χ3v) is 5.66. The van der Waals surface area contributed by atoms with Crippen molar-refractivity contribution in [2.45, 2.75) is 19.3 Å². The number of aldehydes is 1. The van der Waals surface area contributed by atoms with E-state index in [9.17, 15) is 9.59 Å². The van der Waals surface area contributed by atoms with Crippen molar-refractivity contribution in [3.63, 3.8) is 0 Å². The van der Waals surface area contributed by atoms with E-state index in [1.165, 1.54) is 22.3 Å². The van der Waals surface area contributed by atoms with E-state index in [0.29, 0.717) is 25.1 Å². The second-order valence-electron chi connectivity index (χ2n) is 7.68. The van der Waals surface area contributed by atoms with Crippen LogP contribution >= 0.6 is 0 Å². The molecule has 156 valence electrons. The van der Waals surface area contributed by atoms with Gasteiger partial charge >= 0.3 is 6.09 Å². The molecule has 0 aromatic heterocycles. The summed E-state index contributed by atoms with van der Waals surface area (Å²) in [6.45, 7) is 2.73. The van der Waals surface area contributed by atoms with Crippen molar-refractivity contribution < 1.29 is 14.3 Å². The van der Waals surface area contributed by atoms with E-state index in [1.807, 2.05) is 61.5 Å². The number of nitrogens with one attached hydrogen (secondary N) is 1. The lowest BCUT2D eigenvalue weighted by atomic mass is 9.98. The van der Waals surface area contributed by atoms with Gasteiger partial charge in [-0.25, -0.2) is 4.79 Å². The largest absolute Gasteiger partial charge is 0.449 e. The van der Waals surface area contributed by atoms with Gasteiger partial charge in [-0.2, -0.15) is 0 Å². The van der Waals surface area contributed by atoms with Gasteiger partial charge in [-0.15, -0.1) is 0 Å². The first-order valence-electron chi connectivity index (χ1n) is 10.5. The fourth-order valence-corrected chi connectivity index (χ4v) is 4.06. The molecule has 4 heteroatoms. The Labute approximate surface area is 182 Å². The van der Waals surface area contributed by atoms with Gasteiger partial charge in [0.1, 0.15) is 12.9 Å². The molecule has 0 saturated heterocycles. The molecule has 1 aliphatic carbocycles. The smallest absolute Gasteiger partial charge is 0.407 e. The second kappa shape index (κ2) is 9.43. The molecule has 0 heterocycles. The van der Waals surface area contributed by atoms with Crippen LogP contribution in [0, 0.1) is 6.92 Å². The number of carbonyl (C=O) groups is 2. The minimum absolute atomic E-state index is 0.0654. The van der Waals surface area contributed by atoms with Crippen LogP contribution in [0.2, 0.25) is 0 Å².